The normalized spacial score (nSPS) is 16.7. The molecule has 1 N–H and O–H groups in total. The third kappa shape index (κ3) is 4.14. The number of anilines is 1. The van der Waals surface area contributed by atoms with Crippen LogP contribution in [0.15, 0.2) is 54.6 Å². The average molecular weight is 470 g/mol. The first-order valence-electron chi connectivity index (χ1n) is 12.1. The Morgan fingerprint density at radius 1 is 1.14 bits per heavy atom. The van der Waals surface area contributed by atoms with E-state index in [0.717, 1.165) is 40.4 Å². The molecule has 0 spiro atoms. The van der Waals surface area contributed by atoms with E-state index in [1.54, 1.807) is 0 Å². The molecule has 2 heterocycles. The van der Waals surface area contributed by atoms with Gasteiger partial charge in [-0.05, 0) is 61.7 Å². The second-order valence-electron chi connectivity index (χ2n) is 9.18. The van der Waals surface area contributed by atoms with Crippen LogP contribution in [-0.2, 0) is 22.5 Å². The minimum atomic E-state index is -0.364. The summed E-state index contributed by atoms with van der Waals surface area (Å²) in [6, 6.07) is 18.7. The first-order chi connectivity index (χ1) is 16.9. The van der Waals surface area contributed by atoms with Crippen LogP contribution in [0.4, 0.5) is 5.69 Å². The zero-order valence-corrected chi connectivity index (χ0v) is 20.9. The van der Waals surface area contributed by atoms with Gasteiger partial charge in [0.15, 0.2) is 6.10 Å². The maximum absolute atomic E-state index is 11.5. The lowest BCUT2D eigenvalue weighted by Crippen LogP contribution is -2.18. The molecule has 0 fully saturated rings. The maximum Gasteiger partial charge on any atom is 0.303 e. The van der Waals surface area contributed by atoms with Crippen LogP contribution in [0.1, 0.15) is 55.0 Å². The van der Waals surface area contributed by atoms with Crippen LogP contribution in [-0.4, -0.2) is 21.6 Å². The fourth-order valence-corrected chi connectivity index (χ4v) is 4.97. The highest BCUT2D eigenvalue weighted by atomic mass is 16.6. The Morgan fingerprint density at radius 2 is 1.94 bits per heavy atom. The molecule has 4 aromatic rings. The number of hydrogen-bond acceptors (Lipinski definition) is 5. The minimum Gasteiger partial charge on any atom is -0.486 e. The highest BCUT2D eigenvalue weighted by Gasteiger charge is 2.33. The number of ether oxygens (including phenoxy) is 2. The van der Waals surface area contributed by atoms with Crippen molar-refractivity contribution in [2.75, 3.05) is 5.32 Å². The molecule has 1 aliphatic heterocycles. The molecule has 3 aromatic carbocycles. The standard InChI is InChI=1S/C29H31N3O3/c1-6-27-31-24-11-7-9-17(2)28(24)32(27)25-12-8-10-21(18(25)3)16-30-22-13-14-23-26(15-22)34-19(4)29(23)35-20(5)33/h7-15,19,29-30H,6,16H2,1-5H3/t19?,29-/m1/s1. The number of aromatic nitrogens is 2. The van der Waals surface area contributed by atoms with E-state index in [1.807, 2.05) is 25.1 Å². The Labute approximate surface area is 205 Å². The van der Waals surface area contributed by atoms with Crippen molar-refractivity contribution in [2.24, 2.45) is 0 Å². The number of para-hydroxylation sites is 1. The van der Waals surface area contributed by atoms with Gasteiger partial charge in [0.25, 0.3) is 0 Å². The van der Waals surface area contributed by atoms with Crippen molar-refractivity contribution >= 4 is 22.7 Å². The quantitative estimate of drug-likeness (QED) is 0.341. The van der Waals surface area contributed by atoms with Gasteiger partial charge in [0, 0.05) is 37.2 Å². The third-order valence-electron chi connectivity index (χ3n) is 6.76. The molecule has 0 saturated heterocycles. The summed E-state index contributed by atoms with van der Waals surface area (Å²) in [6.07, 6.45) is 0.291. The Bertz CT molecular complexity index is 1420. The number of carbonyl (C=O) groups excluding carboxylic acids is 1. The fraction of sp³-hybridized carbons (Fsp3) is 0.310. The first kappa shape index (κ1) is 23.0. The highest BCUT2D eigenvalue weighted by Crippen LogP contribution is 2.40. The Hall–Kier alpha value is -3.80. The molecular formula is C29H31N3O3. The van der Waals surface area contributed by atoms with E-state index in [-0.39, 0.29) is 18.2 Å². The molecule has 1 aromatic heterocycles. The zero-order valence-electron chi connectivity index (χ0n) is 20.9. The van der Waals surface area contributed by atoms with Gasteiger partial charge in [-0.15, -0.1) is 0 Å². The van der Waals surface area contributed by atoms with Crippen LogP contribution < -0.4 is 10.1 Å². The van der Waals surface area contributed by atoms with Crippen LogP contribution in [0.5, 0.6) is 5.75 Å². The van der Waals surface area contributed by atoms with Crippen LogP contribution in [0.3, 0.4) is 0 Å². The van der Waals surface area contributed by atoms with Gasteiger partial charge in [-0.1, -0.05) is 31.2 Å². The highest BCUT2D eigenvalue weighted by molar-refractivity contribution is 5.82. The summed E-state index contributed by atoms with van der Waals surface area (Å²) >= 11 is 0. The SMILES string of the molecule is CCc1nc2cccc(C)c2n1-c1cccc(CNc2ccc3c(c2)OC(C)[C@H]3OC(C)=O)c1C. The number of nitrogens with zero attached hydrogens (tertiary/aromatic N) is 2. The average Bonchev–Trinajstić information content (AvgIpc) is 3.36. The Morgan fingerprint density at radius 3 is 2.71 bits per heavy atom. The van der Waals surface area contributed by atoms with E-state index in [2.05, 4.69) is 67.1 Å². The number of nitrogens with one attached hydrogen (secondary N) is 1. The number of hydrogen-bond donors (Lipinski definition) is 1. The van der Waals surface area contributed by atoms with E-state index in [4.69, 9.17) is 14.5 Å². The van der Waals surface area contributed by atoms with Gasteiger partial charge < -0.3 is 14.8 Å². The van der Waals surface area contributed by atoms with Crippen molar-refractivity contribution in [3.05, 3.63) is 82.7 Å². The topological polar surface area (TPSA) is 65.4 Å². The van der Waals surface area contributed by atoms with Gasteiger partial charge in [-0.3, -0.25) is 9.36 Å². The number of rotatable bonds is 6. The van der Waals surface area contributed by atoms with E-state index in [0.29, 0.717) is 6.54 Å². The van der Waals surface area contributed by atoms with Crippen molar-refractivity contribution in [2.45, 2.75) is 59.8 Å². The molecule has 5 rings (SSSR count). The van der Waals surface area contributed by atoms with E-state index >= 15 is 0 Å². The first-order valence-corrected chi connectivity index (χ1v) is 12.1. The van der Waals surface area contributed by atoms with E-state index in [9.17, 15) is 4.79 Å². The van der Waals surface area contributed by atoms with Crippen molar-refractivity contribution in [1.82, 2.24) is 9.55 Å². The van der Waals surface area contributed by atoms with Gasteiger partial charge in [0.2, 0.25) is 0 Å². The number of carbonyl (C=O) groups is 1. The molecule has 35 heavy (non-hydrogen) atoms. The molecule has 0 aliphatic carbocycles. The van der Waals surface area contributed by atoms with Crippen LogP contribution in [0.25, 0.3) is 16.7 Å². The van der Waals surface area contributed by atoms with E-state index < -0.39 is 0 Å². The summed E-state index contributed by atoms with van der Waals surface area (Å²) in [5, 5.41) is 3.54. The summed E-state index contributed by atoms with van der Waals surface area (Å²) in [5.41, 5.74) is 8.89. The molecule has 0 saturated carbocycles. The van der Waals surface area contributed by atoms with Gasteiger partial charge >= 0.3 is 5.97 Å². The minimum absolute atomic E-state index is 0.204. The molecule has 6 heteroatoms. The lowest BCUT2D eigenvalue weighted by Gasteiger charge is -2.17. The molecule has 6 nitrogen and oxygen atoms in total. The molecular weight excluding hydrogens is 438 g/mol. The van der Waals surface area contributed by atoms with Gasteiger partial charge in [-0.2, -0.15) is 0 Å². The van der Waals surface area contributed by atoms with Crippen LogP contribution >= 0.6 is 0 Å². The van der Waals surface area contributed by atoms with E-state index in [1.165, 1.54) is 29.1 Å². The largest absolute Gasteiger partial charge is 0.486 e. The molecule has 0 bridgehead atoms. The predicted octanol–water partition coefficient (Wildman–Crippen LogP) is 6.20. The smallest absolute Gasteiger partial charge is 0.303 e. The number of aryl methyl sites for hydroxylation is 2. The number of benzene rings is 3. The number of imidazole rings is 1. The Kier molecular flexibility index (Phi) is 5.97. The zero-order chi connectivity index (χ0) is 24.7. The molecule has 2 atom stereocenters. The molecule has 0 radical (unpaired) electrons. The molecule has 1 unspecified atom stereocenters. The summed E-state index contributed by atoms with van der Waals surface area (Å²) in [4.78, 5) is 16.4. The van der Waals surface area contributed by atoms with Gasteiger partial charge in [0.05, 0.1) is 16.7 Å². The van der Waals surface area contributed by atoms with Crippen molar-refractivity contribution < 1.29 is 14.3 Å². The second-order valence-corrected chi connectivity index (χ2v) is 9.18. The summed E-state index contributed by atoms with van der Waals surface area (Å²) in [7, 11) is 0. The van der Waals surface area contributed by atoms with Crippen molar-refractivity contribution in [3.8, 4) is 11.4 Å². The van der Waals surface area contributed by atoms with Crippen LogP contribution in [0.2, 0.25) is 0 Å². The van der Waals surface area contributed by atoms with Crippen LogP contribution in [0, 0.1) is 13.8 Å². The van der Waals surface area contributed by atoms with Crippen molar-refractivity contribution in [1.29, 1.82) is 0 Å². The van der Waals surface area contributed by atoms with Gasteiger partial charge in [0.1, 0.15) is 17.7 Å². The predicted molar refractivity (Wildman–Crippen MR) is 138 cm³/mol. The fourth-order valence-electron chi connectivity index (χ4n) is 4.97. The van der Waals surface area contributed by atoms with Gasteiger partial charge in [-0.25, -0.2) is 4.98 Å². The summed E-state index contributed by atoms with van der Waals surface area (Å²) in [5.74, 6) is 1.52. The summed E-state index contributed by atoms with van der Waals surface area (Å²) in [6.45, 7) is 10.5. The molecule has 0 amide bonds. The lowest BCUT2D eigenvalue weighted by atomic mass is 10.0. The molecule has 180 valence electrons. The Balaban J connectivity index is 1.43. The number of esters is 1. The number of fused-ring (bicyclic) bond motifs is 2. The second kappa shape index (κ2) is 9.10. The van der Waals surface area contributed by atoms with Crippen molar-refractivity contribution in [3.63, 3.8) is 0 Å². The summed E-state index contributed by atoms with van der Waals surface area (Å²) < 4.78 is 13.7. The molecule has 1 aliphatic rings. The third-order valence-corrected chi connectivity index (χ3v) is 6.76. The maximum atomic E-state index is 11.5. The lowest BCUT2D eigenvalue weighted by molar-refractivity contribution is -0.149. The monoisotopic (exact) mass is 469 g/mol.